The van der Waals surface area contributed by atoms with Gasteiger partial charge in [-0.05, 0) is 31.9 Å². The Morgan fingerprint density at radius 1 is 1.42 bits per heavy atom. The number of benzene rings is 1. The van der Waals surface area contributed by atoms with Crippen molar-refractivity contribution in [3.63, 3.8) is 0 Å². The lowest BCUT2D eigenvalue weighted by molar-refractivity contribution is 0.340. The van der Waals surface area contributed by atoms with Gasteiger partial charge in [-0.25, -0.2) is 10.8 Å². The highest BCUT2D eigenvalue weighted by molar-refractivity contribution is 5.93. The summed E-state index contributed by atoms with van der Waals surface area (Å²) in [7, 11) is 0. The van der Waals surface area contributed by atoms with E-state index in [9.17, 15) is 0 Å². The van der Waals surface area contributed by atoms with Gasteiger partial charge in [0.2, 0.25) is 5.96 Å². The number of guanidine groups is 1. The normalized spacial score (nSPS) is 16.4. The maximum atomic E-state index is 5.52. The average Bonchev–Trinajstić information content (AvgIpc) is 2.92. The first-order valence-electron chi connectivity index (χ1n) is 6.86. The molecule has 1 saturated carbocycles. The van der Waals surface area contributed by atoms with Crippen molar-refractivity contribution in [1.29, 1.82) is 0 Å². The summed E-state index contributed by atoms with van der Waals surface area (Å²) < 4.78 is 5.46. The van der Waals surface area contributed by atoms with Crippen molar-refractivity contribution in [1.82, 2.24) is 5.43 Å². The van der Waals surface area contributed by atoms with Gasteiger partial charge >= 0.3 is 0 Å². The minimum absolute atomic E-state index is 0.383. The Morgan fingerprint density at radius 3 is 2.89 bits per heavy atom. The molecule has 0 atom stereocenters. The molecule has 0 bridgehead atoms. The number of nitrogens with two attached hydrogens (primary N) is 1. The number of nitrogens with one attached hydrogen (secondary N) is 2. The van der Waals surface area contributed by atoms with E-state index in [1.165, 1.54) is 12.8 Å². The second kappa shape index (κ2) is 6.99. The molecule has 19 heavy (non-hydrogen) atoms. The summed E-state index contributed by atoms with van der Waals surface area (Å²) in [5.41, 5.74) is 3.54. The zero-order chi connectivity index (χ0) is 13.5. The first-order chi connectivity index (χ1) is 9.31. The van der Waals surface area contributed by atoms with E-state index in [1.54, 1.807) is 0 Å². The van der Waals surface area contributed by atoms with Crippen molar-refractivity contribution in [2.24, 2.45) is 10.8 Å². The van der Waals surface area contributed by atoms with Gasteiger partial charge in [0, 0.05) is 11.8 Å². The van der Waals surface area contributed by atoms with Gasteiger partial charge in [-0.1, -0.05) is 18.9 Å². The van der Waals surface area contributed by atoms with Crippen LogP contribution in [0.15, 0.2) is 29.3 Å². The molecule has 1 aliphatic rings. The van der Waals surface area contributed by atoms with Crippen molar-refractivity contribution in [2.45, 2.75) is 38.6 Å². The predicted octanol–water partition coefficient (Wildman–Crippen LogP) is 2.26. The van der Waals surface area contributed by atoms with Crippen LogP contribution in [0.5, 0.6) is 5.75 Å². The van der Waals surface area contributed by atoms with Crippen molar-refractivity contribution >= 4 is 11.6 Å². The number of anilines is 1. The molecule has 0 unspecified atom stereocenters. The SMILES string of the molecule is CCOc1cccc(NC(=NC2CCCC2)NN)c1. The lowest BCUT2D eigenvalue weighted by Gasteiger charge is -2.12. The van der Waals surface area contributed by atoms with Crippen LogP contribution in [0.25, 0.3) is 0 Å². The smallest absolute Gasteiger partial charge is 0.210 e. The molecule has 0 radical (unpaired) electrons. The maximum Gasteiger partial charge on any atom is 0.210 e. The molecule has 0 amide bonds. The topological polar surface area (TPSA) is 71.7 Å². The highest BCUT2D eigenvalue weighted by atomic mass is 16.5. The number of ether oxygens (including phenoxy) is 1. The van der Waals surface area contributed by atoms with E-state index >= 15 is 0 Å². The summed E-state index contributed by atoms with van der Waals surface area (Å²) >= 11 is 0. The van der Waals surface area contributed by atoms with Gasteiger partial charge in [-0.3, -0.25) is 5.43 Å². The van der Waals surface area contributed by atoms with E-state index in [-0.39, 0.29) is 0 Å². The molecule has 0 aliphatic heterocycles. The van der Waals surface area contributed by atoms with Crippen molar-refractivity contribution in [3.05, 3.63) is 24.3 Å². The number of rotatable bonds is 4. The zero-order valence-corrected chi connectivity index (χ0v) is 11.4. The van der Waals surface area contributed by atoms with Crippen LogP contribution in [0.4, 0.5) is 5.69 Å². The Hall–Kier alpha value is -1.75. The molecule has 0 aromatic heterocycles. The minimum Gasteiger partial charge on any atom is -0.494 e. The lowest BCUT2D eigenvalue weighted by atomic mass is 10.3. The highest BCUT2D eigenvalue weighted by Crippen LogP contribution is 2.21. The molecule has 0 spiro atoms. The Kier molecular flexibility index (Phi) is 5.03. The fourth-order valence-corrected chi connectivity index (χ4v) is 2.29. The molecule has 4 N–H and O–H groups in total. The molecule has 1 aromatic rings. The molecule has 5 heteroatoms. The molecule has 5 nitrogen and oxygen atoms in total. The molecule has 1 fully saturated rings. The van der Waals surface area contributed by atoms with Crippen LogP contribution >= 0.6 is 0 Å². The van der Waals surface area contributed by atoms with Crippen LogP contribution in [0.3, 0.4) is 0 Å². The fraction of sp³-hybridized carbons (Fsp3) is 0.500. The minimum atomic E-state index is 0.383. The molecule has 104 valence electrons. The van der Waals surface area contributed by atoms with E-state index in [2.05, 4.69) is 15.7 Å². The van der Waals surface area contributed by atoms with E-state index in [1.807, 2.05) is 31.2 Å². The summed E-state index contributed by atoms with van der Waals surface area (Å²) in [5, 5.41) is 3.19. The van der Waals surface area contributed by atoms with Crippen molar-refractivity contribution in [2.75, 3.05) is 11.9 Å². The number of hydrogen-bond donors (Lipinski definition) is 3. The first kappa shape index (κ1) is 13.7. The zero-order valence-electron chi connectivity index (χ0n) is 11.4. The van der Waals surface area contributed by atoms with Gasteiger partial charge in [0.05, 0.1) is 12.6 Å². The molecular weight excluding hydrogens is 240 g/mol. The largest absolute Gasteiger partial charge is 0.494 e. The van der Waals surface area contributed by atoms with Gasteiger partial charge in [0.1, 0.15) is 5.75 Å². The Morgan fingerprint density at radius 2 is 2.21 bits per heavy atom. The van der Waals surface area contributed by atoms with Gasteiger partial charge < -0.3 is 10.1 Å². The Labute approximate surface area is 114 Å². The van der Waals surface area contributed by atoms with Crippen LogP contribution in [0.2, 0.25) is 0 Å². The highest BCUT2D eigenvalue weighted by Gasteiger charge is 2.14. The van der Waals surface area contributed by atoms with Crippen LogP contribution in [0, 0.1) is 0 Å². The summed E-state index contributed by atoms with van der Waals surface area (Å²) in [6, 6.07) is 8.15. The number of hydrazine groups is 1. The molecule has 1 aromatic carbocycles. The van der Waals surface area contributed by atoms with Crippen LogP contribution < -0.4 is 21.3 Å². The van der Waals surface area contributed by atoms with E-state index in [0.717, 1.165) is 24.3 Å². The van der Waals surface area contributed by atoms with Crippen molar-refractivity contribution < 1.29 is 4.74 Å². The second-order valence-corrected chi connectivity index (χ2v) is 4.65. The summed E-state index contributed by atoms with van der Waals surface area (Å²) in [6.45, 7) is 2.62. The van der Waals surface area contributed by atoms with E-state index < -0.39 is 0 Å². The van der Waals surface area contributed by atoms with Gasteiger partial charge in [-0.15, -0.1) is 0 Å². The molecule has 1 aliphatic carbocycles. The van der Waals surface area contributed by atoms with Crippen LogP contribution in [-0.4, -0.2) is 18.6 Å². The Balaban J connectivity index is 2.02. The maximum absolute atomic E-state index is 5.52. The third-order valence-electron chi connectivity index (χ3n) is 3.18. The lowest BCUT2D eigenvalue weighted by Crippen LogP contribution is -2.37. The van der Waals surface area contributed by atoms with E-state index in [0.29, 0.717) is 18.6 Å². The quantitative estimate of drug-likeness (QED) is 0.337. The second-order valence-electron chi connectivity index (χ2n) is 4.65. The molecule has 2 rings (SSSR count). The average molecular weight is 262 g/mol. The third kappa shape index (κ3) is 4.13. The van der Waals surface area contributed by atoms with Crippen LogP contribution in [0.1, 0.15) is 32.6 Å². The summed E-state index contributed by atoms with van der Waals surface area (Å²) in [5.74, 6) is 6.97. The van der Waals surface area contributed by atoms with Crippen LogP contribution in [-0.2, 0) is 0 Å². The number of hydrogen-bond acceptors (Lipinski definition) is 3. The van der Waals surface area contributed by atoms with Crippen molar-refractivity contribution in [3.8, 4) is 5.75 Å². The van der Waals surface area contributed by atoms with Gasteiger partial charge in [-0.2, -0.15) is 0 Å². The summed E-state index contributed by atoms with van der Waals surface area (Å²) in [6.07, 6.45) is 4.80. The monoisotopic (exact) mass is 262 g/mol. The predicted molar refractivity (Wildman–Crippen MR) is 78.2 cm³/mol. The summed E-state index contributed by atoms with van der Waals surface area (Å²) in [4.78, 5) is 4.59. The number of aliphatic imine (C=N–C) groups is 1. The molecular formula is C14H22N4O. The molecule has 0 saturated heterocycles. The Bertz CT molecular complexity index is 427. The fourth-order valence-electron chi connectivity index (χ4n) is 2.29. The standard InChI is InChI=1S/C14H22N4O/c1-2-19-13-9-5-8-12(10-13)17-14(18-15)16-11-6-3-4-7-11/h5,8-11H,2-4,6-7,15H2,1H3,(H2,16,17,18). The van der Waals surface area contributed by atoms with E-state index in [4.69, 9.17) is 10.6 Å². The molecule has 0 heterocycles. The third-order valence-corrected chi connectivity index (χ3v) is 3.18. The number of nitrogens with zero attached hydrogens (tertiary/aromatic N) is 1. The van der Waals surface area contributed by atoms with Gasteiger partial charge in [0.15, 0.2) is 0 Å². The first-order valence-corrected chi connectivity index (χ1v) is 6.86. The van der Waals surface area contributed by atoms with Gasteiger partial charge in [0.25, 0.3) is 0 Å².